The smallest absolute Gasteiger partial charge is 0.243 e. The third kappa shape index (κ3) is 3.50. The molecule has 2 aliphatic rings. The van der Waals surface area contributed by atoms with E-state index in [9.17, 15) is 4.79 Å². The normalized spacial score (nSPS) is 21.2. The lowest BCUT2D eigenvalue weighted by Gasteiger charge is -2.39. The van der Waals surface area contributed by atoms with Crippen molar-refractivity contribution in [2.75, 3.05) is 20.1 Å². The number of likely N-dealkylation sites (tertiary alicyclic amines) is 1. The van der Waals surface area contributed by atoms with Gasteiger partial charge in [0.2, 0.25) is 5.91 Å². The SMILES string of the molecule is CN1C[C@H]2CC[C@@H](C1)N2C(=O)Cn1cnc(-c2ccc(Cl)cc2)c1-c1ccncc1. The van der Waals surface area contributed by atoms with Crippen molar-refractivity contribution in [3.05, 3.63) is 60.1 Å². The summed E-state index contributed by atoms with van der Waals surface area (Å²) < 4.78 is 1.97. The molecule has 0 N–H and O–H groups in total. The van der Waals surface area contributed by atoms with Gasteiger partial charge in [0.1, 0.15) is 6.54 Å². The Labute approximate surface area is 181 Å². The highest BCUT2D eigenvalue weighted by molar-refractivity contribution is 6.30. The zero-order valence-corrected chi connectivity index (χ0v) is 17.7. The van der Waals surface area contributed by atoms with E-state index < -0.39 is 0 Å². The van der Waals surface area contributed by atoms with Gasteiger partial charge in [-0.25, -0.2) is 4.98 Å². The second-order valence-electron chi connectivity index (χ2n) is 8.22. The average Bonchev–Trinajstić information content (AvgIpc) is 3.28. The fourth-order valence-corrected chi connectivity index (χ4v) is 5.01. The number of amides is 1. The van der Waals surface area contributed by atoms with Crippen molar-refractivity contribution in [1.82, 2.24) is 24.3 Å². The lowest BCUT2D eigenvalue weighted by molar-refractivity contribution is -0.137. The zero-order chi connectivity index (χ0) is 20.7. The predicted octanol–water partition coefficient (Wildman–Crippen LogP) is 3.57. The number of aromatic nitrogens is 3. The van der Waals surface area contributed by atoms with E-state index >= 15 is 0 Å². The molecule has 1 amide bonds. The molecule has 2 aliphatic heterocycles. The molecular weight excluding hydrogens is 398 g/mol. The fraction of sp³-hybridized carbons (Fsp3) is 0.348. The van der Waals surface area contributed by atoms with Gasteiger partial charge < -0.3 is 14.4 Å². The van der Waals surface area contributed by atoms with Crippen LogP contribution in [0.1, 0.15) is 12.8 Å². The number of imidazole rings is 1. The zero-order valence-electron chi connectivity index (χ0n) is 16.9. The first-order valence-electron chi connectivity index (χ1n) is 10.3. The van der Waals surface area contributed by atoms with Crippen molar-refractivity contribution >= 4 is 17.5 Å². The quantitative estimate of drug-likeness (QED) is 0.646. The number of hydrogen-bond donors (Lipinski definition) is 0. The van der Waals surface area contributed by atoms with E-state index in [1.165, 1.54) is 0 Å². The molecule has 4 heterocycles. The number of carbonyl (C=O) groups is 1. The minimum atomic E-state index is 0.172. The molecule has 2 aromatic heterocycles. The van der Waals surface area contributed by atoms with Crippen molar-refractivity contribution in [1.29, 1.82) is 0 Å². The third-order valence-electron chi connectivity index (χ3n) is 6.17. The number of carbonyl (C=O) groups excluding carboxylic acids is 1. The maximum absolute atomic E-state index is 13.3. The summed E-state index contributed by atoms with van der Waals surface area (Å²) in [6.07, 6.45) is 7.49. The molecule has 0 saturated carbocycles. The van der Waals surface area contributed by atoms with Crippen LogP contribution in [0.3, 0.4) is 0 Å². The van der Waals surface area contributed by atoms with Crippen LogP contribution in [0.25, 0.3) is 22.5 Å². The molecule has 7 heteroatoms. The minimum absolute atomic E-state index is 0.172. The number of benzene rings is 1. The van der Waals surface area contributed by atoms with E-state index in [1.807, 2.05) is 41.0 Å². The molecule has 2 fully saturated rings. The molecule has 30 heavy (non-hydrogen) atoms. The monoisotopic (exact) mass is 421 g/mol. The Kier molecular flexibility index (Phi) is 5.05. The number of likely N-dealkylation sites (N-methyl/N-ethyl adjacent to an activating group) is 1. The Morgan fingerprint density at radius 3 is 2.37 bits per heavy atom. The number of piperazine rings is 1. The molecule has 0 spiro atoms. The van der Waals surface area contributed by atoms with Crippen LogP contribution in [-0.4, -0.2) is 62.5 Å². The van der Waals surface area contributed by atoms with Gasteiger partial charge in [0.05, 0.1) is 17.7 Å². The number of fused-ring (bicyclic) bond motifs is 2. The first-order valence-corrected chi connectivity index (χ1v) is 10.7. The molecule has 1 aromatic carbocycles. The molecule has 0 aliphatic carbocycles. The van der Waals surface area contributed by atoms with Crippen molar-refractivity contribution in [3.63, 3.8) is 0 Å². The van der Waals surface area contributed by atoms with Crippen LogP contribution in [-0.2, 0) is 11.3 Å². The van der Waals surface area contributed by atoms with E-state index in [4.69, 9.17) is 11.6 Å². The third-order valence-corrected chi connectivity index (χ3v) is 6.42. The van der Waals surface area contributed by atoms with Gasteiger partial charge in [-0.15, -0.1) is 0 Å². The molecule has 2 atom stereocenters. The van der Waals surface area contributed by atoms with Crippen molar-refractivity contribution < 1.29 is 4.79 Å². The Hall–Kier alpha value is -2.70. The van der Waals surface area contributed by atoms with E-state index in [0.717, 1.165) is 48.4 Å². The summed E-state index contributed by atoms with van der Waals surface area (Å²) in [5.74, 6) is 0.172. The van der Waals surface area contributed by atoms with Crippen molar-refractivity contribution in [2.45, 2.75) is 31.5 Å². The Bertz CT molecular complexity index is 1040. The second kappa shape index (κ2) is 7.85. The van der Waals surface area contributed by atoms with Crippen LogP contribution in [0.4, 0.5) is 0 Å². The molecule has 0 radical (unpaired) electrons. The van der Waals surface area contributed by atoms with Gasteiger partial charge in [0.25, 0.3) is 0 Å². The van der Waals surface area contributed by atoms with Gasteiger partial charge in [0, 0.05) is 53.7 Å². The van der Waals surface area contributed by atoms with Gasteiger partial charge in [-0.2, -0.15) is 0 Å². The molecule has 6 nitrogen and oxygen atoms in total. The van der Waals surface area contributed by atoms with Crippen LogP contribution in [0.2, 0.25) is 5.02 Å². The van der Waals surface area contributed by atoms with E-state index in [2.05, 4.69) is 26.8 Å². The van der Waals surface area contributed by atoms with Gasteiger partial charge in [-0.1, -0.05) is 23.7 Å². The number of rotatable bonds is 4. The highest BCUT2D eigenvalue weighted by Gasteiger charge is 2.41. The summed E-state index contributed by atoms with van der Waals surface area (Å²) in [5, 5.41) is 0.685. The fourth-order valence-electron chi connectivity index (χ4n) is 4.88. The van der Waals surface area contributed by atoms with E-state index in [-0.39, 0.29) is 12.5 Å². The molecule has 2 saturated heterocycles. The standard InChI is InChI=1S/C23H24ClN5O/c1-27-12-19-6-7-20(13-27)29(19)21(30)14-28-15-26-22(16-2-4-18(24)5-3-16)23(28)17-8-10-25-11-9-17/h2-5,8-11,15,19-20H,6-7,12-14H2,1H3/t19-,20+. The highest BCUT2D eigenvalue weighted by Crippen LogP contribution is 2.33. The summed E-state index contributed by atoms with van der Waals surface area (Å²) in [7, 11) is 2.14. The summed E-state index contributed by atoms with van der Waals surface area (Å²) in [5.41, 5.74) is 3.72. The molecule has 154 valence electrons. The molecule has 0 unspecified atom stereocenters. The van der Waals surface area contributed by atoms with Crippen LogP contribution in [0, 0.1) is 0 Å². The van der Waals surface area contributed by atoms with Crippen LogP contribution in [0.15, 0.2) is 55.1 Å². The van der Waals surface area contributed by atoms with Crippen molar-refractivity contribution in [2.24, 2.45) is 0 Å². The van der Waals surface area contributed by atoms with Crippen LogP contribution in [0.5, 0.6) is 0 Å². The lowest BCUT2D eigenvalue weighted by Crippen LogP contribution is -2.55. The van der Waals surface area contributed by atoms with E-state index in [0.29, 0.717) is 17.1 Å². The topological polar surface area (TPSA) is 54.3 Å². The van der Waals surface area contributed by atoms with Gasteiger partial charge in [0.15, 0.2) is 0 Å². The molecule has 5 rings (SSSR count). The summed E-state index contributed by atoms with van der Waals surface area (Å²) in [6, 6.07) is 12.2. The average molecular weight is 422 g/mol. The second-order valence-corrected chi connectivity index (χ2v) is 8.66. The summed E-state index contributed by atoms with van der Waals surface area (Å²) >= 11 is 6.07. The molecular formula is C23H24ClN5O. The Balaban J connectivity index is 1.50. The maximum atomic E-state index is 13.3. The predicted molar refractivity (Wildman–Crippen MR) is 117 cm³/mol. The first-order chi connectivity index (χ1) is 14.6. The van der Waals surface area contributed by atoms with Gasteiger partial charge >= 0.3 is 0 Å². The van der Waals surface area contributed by atoms with Crippen LogP contribution < -0.4 is 0 Å². The van der Waals surface area contributed by atoms with Crippen LogP contribution >= 0.6 is 11.6 Å². The summed E-state index contributed by atoms with van der Waals surface area (Å²) in [6.45, 7) is 2.20. The van der Waals surface area contributed by atoms with E-state index in [1.54, 1.807) is 18.7 Å². The molecule has 2 bridgehead atoms. The van der Waals surface area contributed by atoms with Gasteiger partial charge in [-0.05, 0) is 44.2 Å². The minimum Gasteiger partial charge on any atom is -0.333 e. The largest absolute Gasteiger partial charge is 0.333 e. The first kappa shape index (κ1) is 19.3. The number of hydrogen-bond acceptors (Lipinski definition) is 4. The lowest BCUT2D eigenvalue weighted by atomic mass is 10.1. The Morgan fingerprint density at radius 1 is 1.03 bits per heavy atom. The molecule has 3 aromatic rings. The number of halogens is 1. The highest BCUT2D eigenvalue weighted by atomic mass is 35.5. The number of nitrogens with zero attached hydrogens (tertiary/aromatic N) is 5. The summed E-state index contributed by atoms with van der Waals surface area (Å²) in [4.78, 5) is 26.6. The maximum Gasteiger partial charge on any atom is 0.243 e. The van der Waals surface area contributed by atoms with Gasteiger partial charge in [-0.3, -0.25) is 9.78 Å². The Morgan fingerprint density at radius 2 is 1.70 bits per heavy atom. The van der Waals surface area contributed by atoms with Crippen molar-refractivity contribution in [3.8, 4) is 22.5 Å². The number of pyridine rings is 1.